The summed E-state index contributed by atoms with van der Waals surface area (Å²) in [5.74, 6) is 0. The fourth-order valence-corrected chi connectivity index (χ4v) is 2.69. The van der Waals surface area contributed by atoms with Gasteiger partial charge < -0.3 is 4.90 Å². The maximum absolute atomic E-state index is 2.42. The third kappa shape index (κ3) is 4.02. The second-order valence-corrected chi connectivity index (χ2v) is 9.56. The molecule has 0 bridgehead atoms. The highest BCUT2D eigenvalue weighted by molar-refractivity contribution is 5.65. The lowest BCUT2D eigenvalue weighted by molar-refractivity contribution is 0.548. The fourth-order valence-electron chi connectivity index (χ4n) is 2.69. The summed E-state index contributed by atoms with van der Waals surface area (Å²) >= 11 is 0. The third-order valence-electron chi connectivity index (χ3n) is 4.04. The fraction of sp³-hybridized carbons (Fsp3) is 0.700. The maximum Gasteiger partial charge on any atom is 0.0437 e. The van der Waals surface area contributed by atoms with Crippen LogP contribution in [0.5, 0.6) is 0 Å². The molecule has 0 aliphatic heterocycles. The Morgan fingerprint density at radius 2 is 0.952 bits per heavy atom. The molecule has 21 heavy (non-hydrogen) atoms. The minimum Gasteiger partial charge on any atom is -0.377 e. The number of nitrogens with zero attached hydrogens (tertiary/aromatic N) is 1. The number of hydrogen-bond donors (Lipinski definition) is 0. The zero-order chi connectivity index (χ0) is 16.8. The summed E-state index contributed by atoms with van der Waals surface area (Å²) in [6.45, 7) is 20.8. The summed E-state index contributed by atoms with van der Waals surface area (Å²) in [6.07, 6.45) is 0. The summed E-state index contributed by atoms with van der Waals surface area (Å²) in [4.78, 5) is 2.29. The Bertz CT molecular complexity index is 467. The Labute approximate surface area is 132 Å². The predicted octanol–water partition coefficient (Wildman–Crippen LogP) is 5.65. The van der Waals surface area contributed by atoms with Gasteiger partial charge in [0.25, 0.3) is 0 Å². The maximum atomic E-state index is 2.42. The van der Waals surface area contributed by atoms with Crippen LogP contribution in [0.25, 0.3) is 0 Å². The zero-order valence-corrected chi connectivity index (χ0v) is 16.1. The molecular weight excluding hydrogens is 254 g/mol. The Morgan fingerprint density at radius 3 is 1.14 bits per heavy atom. The van der Waals surface area contributed by atoms with Gasteiger partial charge in [0.1, 0.15) is 0 Å². The number of benzene rings is 1. The molecule has 0 aliphatic carbocycles. The van der Waals surface area contributed by atoms with Crippen molar-refractivity contribution in [1.82, 2.24) is 0 Å². The van der Waals surface area contributed by atoms with Crippen molar-refractivity contribution in [1.29, 1.82) is 0 Å². The Kier molecular flexibility index (Phi) is 4.59. The van der Waals surface area contributed by atoms with Crippen molar-refractivity contribution in [2.45, 2.75) is 78.6 Å². The van der Waals surface area contributed by atoms with Crippen molar-refractivity contribution >= 4 is 5.69 Å². The molecule has 0 unspecified atom stereocenters. The quantitative estimate of drug-likeness (QED) is 0.646. The molecule has 0 saturated heterocycles. The first-order valence-corrected chi connectivity index (χ1v) is 8.02. The molecule has 0 aliphatic rings. The number of hydrogen-bond acceptors (Lipinski definition) is 1. The molecule has 0 atom stereocenters. The van der Waals surface area contributed by atoms with Gasteiger partial charge in [-0.1, -0.05) is 74.4 Å². The molecule has 0 fully saturated rings. The summed E-state index contributed by atoms with van der Waals surface area (Å²) in [5.41, 5.74) is 6.17. The SMILES string of the molecule is CN(C)c1c(C(C)(C)C)cc(C(C)(C)C)cc1C(C)(C)C. The van der Waals surface area contributed by atoms with Crippen molar-refractivity contribution in [3.8, 4) is 0 Å². The molecule has 0 aromatic heterocycles. The van der Waals surface area contributed by atoms with Gasteiger partial charge in [0.15, 0.2) is 0 Å². The molecular formula is C20H35N. The standard InChI is InChI=1S/C20H35N/c1-18(2,3)14-12-15(19(4,5)6)17(21(10)11)16(13-14)20(7,8)9/h12-13H,1-11H3. The summed E-state index contributed by atoms with van der Waals surface area (Å²) in [6, 6.07) is 4.84. The topological polar surface area (TPSA) is 3.24 Å². The zero-order valence-electron chi connectivity index (χ0n) is 16.1. The Hall–Kier alpha value is -0.980. The highest BCUT2D eigenvalue weighted by atomic mass is 15.1. The molecule has 1 aromatic rings. The van der Waals surface area contributed by atoms with E-state index in [1.54, 1.807) is 0 Å². The lowest BCUT2D eigenvalue weighted by atomic mass is 9.74. The van der Waals surface area contributed by atoms with Gasteiger partial charge in [-0.05, 0) is 32.9 Å². The largest absolute Gasteiger partial charge is 0.377 e. The van der Waals surface area contributed by atoms with Crippen LogP contribution >= 0.6 is 0 Å². The normalized spacial score (nSPS) is 13.5. The highest BCUT2D eigenvalue weighted by Crippen LogP contribution is 2.42. The predicted molar refractivity (Wildman–Crippen MR) is 96.9 cm³/mol. The van der Waals surface area contributed by atoms with Crippen LogP contribution in [-0.2, 0) is 16.2 Å². The van der Waals surface area contributed by atoms with E-state index in [4.69, 9.17) is 0 Å². The van der Waals surface area contributed by atoms with Crippen molar-refractivity contribution in [3.63, 3.8) is 0 Å². The van der Waals surface area contributed by atoms with E-state index in [2.05, 4.69) is 93.4 Å². The van der Waals surface area contributed by atoms with E-state index >= 15 is 0 Å². The van der Waals surface area contributed by atoms with Crippen LogP contribution in [0.15, 0.2) is 12.1 Å². The molecule has 1 heteroatoms. The second kappa shape index (κ2) is 5.34. The van der Waals surface area contributed by atoms with E-state index < -0.39 is 0 Å². The van der Waals surface area contributed by atoms with Gasteiger partial charge in [-0.25, -0.2) is 0 Å². The first-order valence-electron chi connectivity index (χ1n) is 8.02. The number of anilines is 1. The minimum atomic E-state index is 0.140. The first kappa shape index (κ1) is 18.1. The average Bonchev–Trinajstić information content (AvgIpc) is 2.23. The van der Waals surface area contributed by atoms with Crippen LogP contribution in [0.4, 0.5) is 5.69 Å². The molecule has 1 nitrogen and oxygen atoms in total. The van der Waals surface area contributed by atoms with E-state index in [-0.39, 0.29) is 16.2 Å². The van der Waals surface area contributed by atoms with Gasteiger partial charge in [-0.2, -0.15) is 0 Å². The van der Waals surface area contributed by atoms with Gasteiger partial charge in [0, 0.05) is 19.8 Å². The van der Waals surface area contributed by atoms with Crippen LogP contribution in [0.1, 0.15) is 79.0 Å². The smallest absolute Gasteiger partial charge is 0.0437 e. The van der Waals surface area contributed by atoms with E-state index in [1.807, 2.05) is 0 Å². The molecule has 0 spiro atoms. The van der Waals surface area contributed by atoms with Crippen LogP contribution in [0.2, 0.25) is 0 Å². The highest BCUT2D eigenvalue weighted by Gasteiger charge is 2.29. The van der Waals surface area contributed by atoms with Crippen molar-refractivity contribution in [2.75, 3.05) is 19.0 Å². The minimum absolute atomic E-state index is 0.140. The number of rotatable bonds is 1. The van der Waals surface area contributed by atoms with Gasteiger partial charge in [-0.3, -0.25) is 0 Å². The van der Waals surface area contributed by atoms with E-state index in [9.17, 15) is 0 Å². The van der Waals surface area contributed by atoms with E-state index in [0.29, 0.717) is 0 Å². The molecule has 0 amide bonds. The van der Waals surface area contributed by atoms with Crippen molar-refractivity contribution in [2.24, 2.45) is 0 Å². The molecule has 0 N–H and O–H groups in total. The summed E-state index contributed by atoms with van der Waals surface area (Å²) < 4.78 is 0. The summed E-state index contributed by atoms with van der Waals surface area (Å²) in [5, 5.41) is 0. The lowest BCUT2D eigenvalue weighted by Gasteiger charge is -2.36. The van der Waals surface area contributed by atoms with E-state index in [1.165, 1.54) is 22.4 Å². The average molecular weight is 290 g/mol. The van der Waals surface area contributed by atoms with Crippen LogP contribution in [0.3, 0.4) is 0 Å². The molecule has 1 aromatic carbocycles. The Balaban J connectivity index is 3.85. The van der Waals surface area contributed by atoms with E-state index in [0.717, 1.165) is 0 Å². The molecule has 120 valence electrons. The van der Waals surface area contributed by atoms with Gasteiger partial charge in [0.05, 0.1) is 0 Å². The Morgan fingerprint density at radius 1 is 0.619 bits per heavy atom. The van der Waals surface area contributed by atoms with Crippen molar-refractivity contribution < 1.29 is 0 Å². The summed E-state index contributed by atoms with van der Waals surface area (Å²) in [7, 11) is 4.33. The molecule has 0 saturated carbocycles. The van der Waals surface area contributed by atoms with Crippen LogP contribution in [-0.4, -0.2) is 14.1 Å². The molecule has 1 rings (SSSR count). The monoisotopic (exact) mass is 289 g/mol. The lowest BCUT2D eigenvalue weighted by Crippen LogP contribution is -2.27. The van der Waals surface area contributed by atoms with Gasteiger partial charge >= 0.3 is 0 Å². The molecule has 0 heterocycles. The van der Waals surface area contributed by atoms with Gasteiger partial charge in [-0.15, -0.1) is 0 Å². The van der Waals surface area contributed by atoms with Crippen LogP contribution < -0.4 is 4.90 Å². The van der Waals surface area contributed by atoms with Crippen molar-refractivity contribution in [3.05, 3.63) is 28.8 Å². The first-order chi connectivity index (χ1) is 9.15. The molecule has 0 radical (unpaired) electrons. The third-order valence-corrected chi connectivity index (χ3v) is 4.04. The van der Waals surface area contributed by atoms with Crippen LogP contribution in [0, 0.1) is 0 Å². The van der Waals surface area contributed by atoms with Gasteiger partial charge in [0.2, 0.25) is 0 Å². The second-order valence-electron chi connectivity index (χ2n) is 9.56.